The second-order valence-corrected chi connectivity index (χ2v) is 3.07. The van der Waals surface area contributed by atoms with E-state index in [1.54, 1.807) is 0 Å². The first-order valence-electron chi connectivity index (χ1n) is 4.41. The number of methoxy groups -OCH3 is 1. The number of hydrogen-bond donors (Lipinski definition) is 1. The molecule has 0 saturated carbocycles. The number of pyridine rings is 1. The number of hydroxylamine groups is 2. The maximum absolute atomic E-state index is 12.0. The van der Waals surface area contributed by atoms with Crippen molar-refractivity contribution in [2.45, 2.75) is 12.7 Å². The Hall–Kier alpha value is -1.83. The molecule has 8 heteroatoms. The highest BCUT2D eigenvalue weighted by Crippen LogP contribution is 2.19. The Morgan fingerprint density at radius 1 is 1.59 bits per heavy atom. The predicted octanol–water partition coefficient (Wildman–Crippen LogP) is 1.37. The van der Waals surface area contributed by atoms with E-state index in [-0.39, 0.29) is 11.4 Å². The lowest BCUT2D eigenvalue weighted by Gasteiger charge is -2.16. The molecule has 0 radical (unpaired) electrons. The lowest BCUT2D eigenvalue weighted by molar-refractivity contribution is -0.217. The van der Waals surface area contributed by atoms with Crippen LogP contribution in [0.1, 0.15) is 5.56 Å². The summed E-state index contributed by atoms with van der Waals surface area (Å²) in [5, 5.41) is 8.56. The molecule has 0 atom stereocenters. The Morgan fingerprint density at radius 3 is 2.76 bits per heavy atom. The van der Waals surface area contributed by atoms with Crippen LogP contribution < -0.4 is 4.74 Å². The fourth-order valence-corrected chi connectivity index (χ4v) is 1.05. The zero-order valence-corrected chi connectivity index (χ0v) is 8.73. The minimum atomic E-state index is -5.11. The van der Waals surface area contributed by atoms with Gasteiger partial charge in [-0.25, -0.2) is 10.0 Å². The fraction of sp³-hybridized carbons (Fsp3) is 0.333. The van der Waals surface area contributed by atoms with Crippen molar-refractivity contribution in [3.63, 3.8) is 0 Å². The van der Waals surface area contributed by atoms with Crippen LogP contribution in [0.2, 0.25) is 0 Å². The molecule has 94 valence electrons. The molecule has 1 rings (SSSR count). The molecule has 1 amide bonds. The fourth-order valence-electron chi connectivity index (χ4n) is 1.05. The van der Waals surface area contributed by atoms with Crippen molar-refractivity contribution >= 4 is 5.91 Å². The predicted molar refractivity (Wildman–Crippen MR) is 49.2 cm³/mol. The van der Waals surface area contributed by atoms with Crippen molar-refractivity contribution in [3.05, 3.63) is 23.9 Å². The first-order valence-corrected chi connectivity index (χ1v) is 4.41. The van der Waals surface area contributed by atoms with Gasteiger partial charge in [0.05, 0.1) is 13.7 Å². The number of amides is 1. The summed E-state index contributed by atoms with van der Waals surface area (Å²) in [5.41, 5.74) is 0.261. The molecule has 1 N–H and O–H groups in total. The SMILES string of the molecule is COc1cc(CN(O)C(=O)C(F)(F)F)ccn1. The Balaban J connectivity index is 2.74. The summed E-state index contributed by atoms with van der Waals surface area (Å²) in [4.78, 5) is 14.4. The third-order valence-electron chi connectivity index (χ3n) is 1.82. The van der Waals surface area contributed by atoms with Gasteiger partial charge in [0, 0.05) is 12.3 Å². The summed E-state index contributed by atoms with van der Waals surface area (Å²) in [5.74, 6) is -2.15. The van der Waals surface area contributed by atoms with Gasteiger partial charge in [-0.05, 0) is 11.6 Å². The van der Waals surface area contributed by atoms with Gasteiger partial charge in [0.15, 0.2) is 0 Å². The van der Waals surface area contributed by atoms with E-state index in [9.17, 15) is 18.0 Å². The molecule has 0 aliphatic carbocycles. The quantitative estimate of drug-likeness (QED) is 0.650. The van der Waals surface area contributed by atoms with Gasteiger partial charge in [0.25, 0.3) is 0 Å². The number of carbonyl (C=O) groups excluding carboxylic acids is 1. The van der Waals surface area contributed by atoms with Crippen LogP contribution in [0.4, 0.5) is 13.2 Å². The van der Waals surface area contributed by atoms with Crippen LogP contribution in [0.15, 0.2) is 18.3 Å². The second-order valence-electron chi connectivity index (χ2n) is 3.07. The first-order chi connectivity index (χ1) is 7.84. The number of aromatic nitrogens is 1. The standard InChI is InChI=1S/C9H9F3N2O3/c1-17-7-4-6(2-3-13-7)5-14(16)8(15)9(10,11)12/h2-4,16H,5H2,1H3. The number of alkyl halides is 3. The third kappa shape index (κ3) is 3.59. The van der Waals surface area contributed by atoms with Crippen molar-refractivity contribution in [1.82, 2.24) is 10.0 Å². The van der Waals surface area contributed by atoms with Crippen LogP contribution in [0.25, 0.3) is 0 Å². The Labute approximate surface area is 94.4 Å². The molecule has 1 heterocycles. The summed E-state index contributed by atoms with van der Waals surface area (Å²) in [6, 6.07) is 2.67. The minimum absolute atomic E-state index is 0.176. The molecule has 0 aliphatic heterocycles. The van der Waals surface area contributed by atoms with Crippen molar-refractivity contribution < 1.29 is 27.9 Å². The molecule has 0 fully saturated rings. The van der Waals surface area contributed by atoms with Gasteiger partial charge in [0.2, 0.25) is 5.88 Å². The number of ether oxygens (including phenoxy) is 1. The van der Waals surface area contributed by atoms with E-state index in [1.807, 2.05) is 0 Å². The van der Waals surface area contributed by atoms with E-state index in [1.165, 1.54) is 25.4 Å². The van der Waals surface area contributed by atoms with Crippen molar-refractivity contribution in [1.29, 1.82) is 0 Å². The van der Waals surface area contributed by atoms with Crippen LogP contribution in [-0.4, -0.2) is 34.4 Å². The monoisotopic (exact) mass is 250 g/mol. The van der Waals surface area contributed by atoms with Crippen LogP contribution in [0.3, 0.4) is 0 Å². The topological polar surface area (TPSA) is 62.7 Å². The normalized spacial score (nSPS) is 11.1. The molecule has 0 aromatic carbocycles. The highest BCUT2D eigenvalue weighted by Gasteiger charge is 2.42. The highest BCUT2D eigenvalue weighted by molar-refractivity contribution is 5.80. The number of carbonyl (C=O) groups is 1. The smallest absolute Gasteiger partial charge is 0.473 e. The van der Waals surface area contributed by atoms with E-state index >= 15 is 0 Å². The van der Waals surface area contributed by atoms with E-state index in [4.69, 9.17) is 9.94 Å². The lowest BCUT2D eigenvalue weighted by Crippen LogP contribution is -2.38. The molecule has 0 unspecified atom stereocenters. The van der Waals surface area contributed by atoms with E-state index in [2.05, 4.69) is 4.98 Å². The highest BCUT2D eigenvalue weighted by atomic mass is 19.4. The van der Waals surface area contributed by atoms with Gasteiger partial charge < -0.3 is 4.74 Å². The van der Waals surface area contributed by atoms with Crippen molar-refractivity contribution in [2.75, 3.05) is 7.11 Å². The van der Waals surface area contributed by atoms with Gasteiger partial charge in [-0.1, -0.05) is 0 Å². The van der Waals surface area contributed by atoms with Crippen LogP contribution in [-0.2, 0) is 11.3 Å². The number of hydrogen-bond acceptors (Lipinski definition) is 4. The summed E-state index contributed by atoms with van der Waals surface area (Å²) in [6.45, 7) is -0.600. The minimum Gasteiger partial charge on any atom is -0.481 e. The zero-order chi connectivity index (χ0) is 13.1. The van der Waals surface area contributed by atoms with E-state index < -0.39 is 23.7 Å². The summed E-state index contributed by atoms with van der Waals surface area (Å²) in [6.07, 6.45) is -3.81. The van der Waals surface area contributed by atoms with Gasteiger partial charge in [-0.2, -0.15) is 13.2 Å². The molecule has 0 spiro atoms. The average molecular weight is 250 g/mol. The lowest BCUT2D eigenvalue weighted by atomic mass is 10.2. The molecule has 1 aromatic rings. The van der Waals surface area contributed by atoms with E-state index in [0.29, 0.717) is 0 Å². The molecule has 17 heavy (non-hydrogen) atoms. The summed E-state index contributed by atoms with van der Waals surface area (Å²) in [7, 11) is 1.34. The summed E-state index contributed by atoms with van der Waals surface area (Å²) >= 11 is 0. The molecule has 0 saturated heterocycles. The number of rotatable bonds is 3. The molecule has 0 bridgehead atoms. The first kappa shape index (κ1) is 13.2. The van der Waals surface area contributed by atoms with Gasteiger partial charge in [-0.15, -0.1) is 0 Å². The Kier molecular flexibility index (Phi) is 3.89. The van der Waals surface area contributed by atoms with Gasteiger partial charge in [-0.3, -0.25) is 10.0 Å². The molecular formula is C9H9F3N2O3. The van der Waals surface area contributed by atoms with Gasteiger partial charge in [0.1, 0.15) is 0 Å². The second kappa shape index (κ2) is 5.00. The van der Waals surface area contributed by atoms with Crippen molar-refractivity contribution in [2.24, 2.45) is 0 Å². The van der Waals surface area contributed by atoms with Crippen LogP contribution in [0.5, 0.6) is 5.88 Å². The third-order valence-corrected chi connectivity index (χ3v) is 1.82. The van der Waals surface area contributed by atoms with E-state index in [0.717, 1.165) is 0 Å². The number of halogens is 3. The summed E-state index contributed by atoms with van der Waals surface area (Å²) < 4.78 is 40.6. The largest absolute Gasteiger partial charge is 0.481 e. The van der Waals surface area contributed by atoms with Crippen molar-refractivity contribution in [3.8, 4) is 5.88 Å². The zero-order valence-electron chi connectivity index (χ0n) is 8.73. The molecule has 1 aromatic heterocycles. The molecular weight excluding hydrogens is 241 g/mol. The molecule has 0 aliphatic rings. The Bertz CT molecular complexity index is 409. The van der Waals surface area contributed by atoms with Crippen LogP contribution >= 0.6 is 0 Å². The number of nitrogens with zero attached hydrogens (tertiary/aromatic N) is 2. The average Bonchev–Trinajstić information content (AvgIpc) is 2.27. The maximum atomic E-state index is 12.0. The molecule has 5 nitrogen and oxygen atoms in total. The van der Waals surface area contributed by atoms with Crippen LogP contribution in [0, 0.1) is 0 Å². The maximum Gasteiger partial charge on any atom is 0.473 e. The Morgan fingerprint density at radius 2 is 2.24 bits per heavy atom. The van der Waals surface area contributed by atoms with Gasteiger partial charge >= 0.3 is 12.1 Å².